The van der Waals surface area contributed by atoms with Gasteiger partial charge in [-0.25, -0.2) is 0 Å². The van der Waals surface area contributed by atoms with E-state index in [4.69, 9.17) is 10.2 Å². The van der Waals surface area contributed by atoms with Gasteiger partial charge in [-0.3, -0.25) is 9.59 Å². The molecule has 3 aromatic carbocycles. The van der Waals surface area contributed by atoms with E-state index < -0.39 is 5.91 Å². The van der Waals surface area contributed by atoms with Gasteiger partial charge in [-0.05, 0) is 72.0 Å². The minimum absolute atomic E-state index is 0.199. The molecular formula is C26H24N4O3. The first-order valence-electron chi connectivity index (χ1n) is 10.5. The van der Waals surface area contributed by atoms with Crippen molar-refractivity contribution in [2.45, 2.75) is 27.3 Å². The molecule has 0 aliphatic heterocycles. The highest BCUT2D eigenvalue weighted by Crippen LogP contribution is 2.29. The standard InChI is InChI=1S/C26H24N4O3/c1-15-5-7-21(26-30-29-17(3)33-26)13-22(15)19-8-10-20(11-9-19)25(32)28-14-18-6-4-16(2)23(12-18)24(27)31/h4-13H,14H2,1-3H3,(H2,27,31)(H,28,32). The molecule has 0 atom stereocenters. The molecule has 3 N–H and O–H groups in total. The first kappa shape index (κ1) is 22.0. The van der Waals surface area contributed by atoms with Crippen molar-refractivity contribution in [1.82, 2.24) is 15.5 Å². The molecule has 4 rings (SSSR count). The van der Waals surface area contributed by atoms with Crippen molar-refractivity contribution in [3.8, 4) is 22.6 Å². The Morgan fingerprint density at radius 1 is 0.879 bits per heavy atom. The molecule has 4 aromatic rings. The lowest BCUT2D eigenvalue weighted by Crippen LogP contribution is -2.23. The molecule has 2 amide bonds. The van der Waals surface area contributed by atoms with Gasteiger partial charge in [0.25, 0.3) is 5.91 Å². The highest BCUT2D eigenvalue weighted by molar-refractivity contribution is 5.95. The number of nitrogens with zero attached hydrogens (tertiary/aromatic N) is 2. The van der Waals surface area contributed by atoms with Crippen LogP contribution in [0.1, 0.15) is 43.3 Å². The summed E-state index contributed by atoms with van der Waals surface area (Å²) in [5.74, 6) is 0.304. The first-order chi connectivity index (χ1) is 15.8. The summed E-state index contributed by atoms with van der Waals surface area (Å²) >= 11 is 0. The summed E-state index contributed by atoms with van der Waals surface area (Å²) in [6.45, 7) is 5.90. The number of benzene rings is 3. The summed E-state index contributed by atoms with van der Waals surface area (Å²) in [6.07, 6.45) is 0. The van der Waals surface area contributed by atoms with Gasteiger partial charge in [0, 0.05) is 30.2 Å². The van der Waals surface area contributed by atoms with Crippen molar-refractivity contribution in [3.05, 3.63) is 94.4 Å². The molecule has 7 heteroatoms. The van der Waals surface area contributed by atoms with Gasteiger partial charge in [0.05, 0.1) is 0 Å². The number of aromatic nitrogens is 2. The van der Waals surface area contributed by atoms with Crippen molar-refractivity contribution in [1.29, 1.82) is 0 Å². The van der Waals surface area contributed by atoms with Crippen molar-refractivity contribution < 1.29 is 14.0 Å². The van der Waals surface area contributed by atoms with Gasteiger partial charge in [-0.15, -0.1) is 10.2 Å². The molecule has 0 fully saturated rings. The molecule has 0 spiro atoms. The van der Waals surface area contributed by atoms with Crippen LogP contribution in [-0.2, 0) is 6.54 Å². The zero-order chi connectivity index (χ0) is 23.5. The van der Waals surface area contributed by atoms with E-state index in [0.717, 1.165) is 33.4 Å². The second-order valence-electron chi connectivity index (χ2n) is 7.93. The molecule has 0 radical (unpaired) electrons. The summed E-state index contributed by atoms with van der Waals surface area (Å²) in [4.78, 5) is 24.2. The average molecular weight is 441 g/mol. The Bertz CT molecular complexity index is 1340. The van der Waals surface area contributed by atoms with Crippen molar-refractivity contribution in [2.24, 2.45) is 5.73 Å². The number of hydrogen-bond acceptors (Lipinski definition) is 5. The van der Waals surface area contributed by atoms with Gasteiger partial charge in [-0.1, -0.05) is 30.3 Å². The Labute approximate surface area is 191 Å². The van der Waals surface area contributed by atoms with E-state index in [2.05, 4.69) is 15.5 Å². The summed E-state index contributed by atoms with van der Waals surface area (Å²) in [7, 11) is 0. The Morgan fingerprint density at radius 3 is 2.24 bits per heavy atom. The third kappa shape index (κ3) is 4.82. The van der Waals surface area contributed by atoms with Crippen LogP contribution in [0.25, 0.3) is 22.6 Å². The van der Waals surface area contributed by atoms with E-state index in [0.29, 0.717) is 29.5 Å². The maximum atomic E-state index is 12.6. The van der Waals surface area contributed by atoms with Crippen molar-refractivity contribution in [2.75, 3.05) is 0 Å². The summed E-state index contributed by atoms with van der Waals surface area (Å²) in [5, 5.41) is 10.9. The van der Waals surface area contributed by atoms with Gasteiger partial charge in [0.1, 0.15) is 0 Å². The van der Waals surface area contributed by atoms with Crippen LogP contribution in [0.5, 0.6) is 0 Å². The zero-order valence-corrected chi connectivity index (χ0v) is 18.7. The zero-order valence-electron chi connectivity index (χ0n) is 18.7. The Balaban J connectivity index is 1.49. The number of rotatable bonds is 6. The number of aryl methyl sites for hydroxylation is 3. The minimum Gasteiger partial charge on any atom is -0.421 e. The van der Waals surface area contributed by atoms with E-state index in [1.54, 1.807) is 25.1 Å². The molecule has 7 nitrogen and oxygen atoms in total. The number of primary amides is 1. The topological polar surface area (TPSA) is 111 Å². The van der Waals surface area contributed by atoms with Gasteiger partial charge < -0.3 is 15.5 Å². The summed E-state index contributed by atoms with van der Waals surface area (Å²) < 4.78 is 5.54. The highest BCUT2D eigenvalue weighted by Gasteiger charge is 2.12. The van der Waals surface area contributed by atoms with Gasteiger partial charge in [0.15, 0.2) is 0 Å². The predicted octanol–water partition coefficient (Wildman–Crippen LogP) is 4.36. The highest BCUT2D eigenvalue weighted by atomic mass is 16.4. The fourth-order valence-corrected chi connectivity index (χ4v) is 3.61. The molecule has 1 aromatic heterocycles. The molecule has 0 aliphatic rings. The second kappa shape index (κ2) is 9.08. The van der Waals surface area contributed by atoms with E-state index in [1.165, 1.54) is 0 Å². The molecule has 33 heavy (non-hydrogen) atoms. The van der Waals surface area contributed by atoms with E-state index in [-0.39, 0.29) is 5.91 Å². The number of carbonyl (C=O) groups is 2. The molecule has 0 saturated carbocycles. The van der Waals surface area contributed by atoms with Crippen molar-refractivity contribution >= 4 is 11.8 Å². The largest absolute Gasteiger partial charge is 0.421 e. The van der Waals surface area contributed by atoms with E-state index in [1.807, 2.05) is 56.3 Å². The first-order valence-corrected chi connectivity index (χ1v) is 10.5. The van der Waals surface area contributed by atoms with Crippen LogP contribution in [-0.4, -0.2) is 22.0 Å². The maximum absolute atomic E-state index is 12.6. The Kier molecular flexibility index (Phi) is 6.04. The minimum atomic E-state index is -0.482. The molecule has 1 heterocycles. The predicted molar refractivity (Wildman–Crippen MR) is 126 cm³/mol. The van der Waals surface area contributed by atoms with Crippen LogP contribution in [0.3, 0.4) is 0 Å². The molecule has 0 aliphatic carbocycles. The fourth-order valence-electron chi connectivity index (χ4n) is 3.61. The lowest BCUT2D eigenvalue weighted by Gasteiger charge is -2.10. The lowest BCUT2D eigenvalue weighted by atomic mass is 9.97. The summed E-state index contributed by atoms with van der Waals surface area (Å²) in [6, 6.07) is 18.8. The lowest BCUT2D eigenvalue weighted by molar-refractivity contribution is 0.0950. The quantitative estimate of drug-likeness (QED) is 0.463. The molecular weight excluding hydrogens is 416 g/mol. The molecule has 166 valence electrons. The monoisotopic (exact) mass is 440 g/mol. The molecule has 0 bridgehead atoms. The van der Waals surface area contributed by atoms with Crippen LogP contribution < -0.4 is 11.1 Å². The normalized spacial score (nSPS) is 10.8. The van der Waals surface area contributed by atoms with Gasteiger partial charge in [-0.2, -0.15) is 0 Å². The van der Waals surface area contributed by atoms with Crippen LogP contribution in [0.15, 0.2) is 65.1 Å². The molecule has 0 saturated heterocycles. The number of amides is 2. The number of nitrogens with two attached hydrogens (primary N) is 1. The fraction of sp³-hybridized carbons (Fsp3) is 0.154. The van der Waals surface area contributed by atoms with E-state index >= 15 is 0 Å². The van der Waals surface area contributed by atoms with Crippen LogP contribution in [0.2, 0.25) is 0 Å². The van der Waals surface area contributed by atoms with Gasteiger partial charge >= 0.3 is 0 Å². The summed E-state index contributed by atoms with van der Waals surface area (Å²) in [5.41, 5.74) is 12.0. The molecule has 0 unspecified atom stereocenters. The number of nitrogens with one attached hydrogen (secondary N) is 1. The van der Waals surface area contributed by atoms with E-state index in [9.17, 15) is 9.59 Å². The van der Waals surface area contributed by atoms with Crippen LogP contribution >= 0.6 is 0 Å². The maximum Gasteiger partial charge on any atom is 0.251 e. The average Bonchev–Trinajstić information content (AvgIpc) is 3.25. The third-order valence-electron chi connectivity index (χ3n) is 5.49. The van der Waals surface area contributed by atoms with Gasteiger partial charge in [0.2, 0.25) is 17.7 Å². The Morgan fingerprint density at radius 2 is 1.58 bits per heavy atom. The number of hydrogen-bond donors (Lipinski definition) is 2. The number of carbonyl (C=O) groups excluding carboxylic acids is 2. The Hall–Kier alpha value is -4.26. The second-order valence-corrected chi connectivity index (χ2v) is 7.93. The van der Waals surface area contributed by atoms with Crippen LogP contribution in [0.4, 0.5) is 0 Å². The van der Waals surface area contributed by atoms with Crippen LogP contribution in [0, 0.1) is 20.8 Å². The smallest absolute Gasteiger partial charge is 0.251 e. The third-order valence-corrected chi connectivity index (χ3v) is 5.49. The SMILES string of the molecule is Cc1nnc(-c2ccc(C)c(-c3ccc(C(=O)NCc4ccc(C)c(C(N)=O)c4)cc3)c2)o1. The van der Waals surface area contributed by atoms with Crippen molar-refractivity contribution in [3.63, 3.8) is 0 Å².